The molecular formula is C13H8N4. The summed E-state index contributed by atoms with van der Waals surface area (Å²) < 4.78 is 1.87. The molecule has 0 unspecified atom stereocenters. The molecule has 0 N–H and O–H groups in total. The molecule has 0 bridgehead atoms. The van der Waals surface area contributed by atoms with Crippen LogP contribution in [0.25, 0.3) is 17.0 Å². The van der Waals surface area contributed by atoms with Gasteiger partial charge in [0.15, 0.2) is 11.5 Å². The quantitative estimate of drug-likeness (QED) is 0.632. The summed E-state index contributed by atoms with van der Waals surface area (Å²) in [4.78, 5) is 0. The van der Waals surface area contributed by atoms with Crippen molar-refractivity contribution in [1.82, 2.24) is 14.6 Å². The standard InChI is InChI=1S/C13H8N4/c14-9-10-6-7-17-12(8-10)15-16-13(17)11-4-2-1-3-5-11/h1-8H. The minimum atomic E-state index is 0.588. The summed E-state index contributed by atoms with van der Waals surface area (Å²) in [6.45, 7) is 0. The van der Waals surface area contributed by atoms with E-state index in [9.17, 15) is 0 Å². The maximum atomic E-state index is 8.81. The molecule has 0 spiro atoms. The molecule has 0 fully saturated rings. The largest absolute Gasteiger partial charge is 0.282 e. The van der Waals surface area contributed by atoms with Crippen LogP contribution >= 0.6 is 0 Å². The maximum absolute atomic E-state index is 8.81. The van der Waals surface area contributed by atoms with E-state index in [0.29, 0.717) is 11.2 Å². The molecule has 4 nitrogen and oxygen atoms in total. The summed E-state index contributed by atoms with van der Waals surface area (Å²) in [5, 5.41) is 17.0. The van der Waals surface area contributed by atoms with Crippen molar-refractivity contribution in [3.05, 3.63) is 54.2 Å². The Morgan fingerprint density at radius 1 is 1.06 bits per heavy atom. The van der Waals surface area contributed by atoms with Gasteiger partial charge in [0.1, 0.15) is 0 Å². The van der Waals surface area contributed by atoms with E-state index in [1.807, 2.05) is 40.9 Å². The van der Waals surface area contributed by atoms with Crippen LogP contribution in [0.2, 0.25) is 0 Å². The predicted molar refractivity (Wildman–Crippen MR) is 63.1 cm³/mol. The van der Waals surface area contributed by atoms with Gasteiger partial charge in [-0.05, 0) is 6.07 Å². The number of rotatable bonds is 1. The van der Waals surface area contributed by atoms with Gasteiger partial charge in [0.2, 0.25) is 0 Å². The zero-order valence-corrected chi connectivity index (χ0v) is 8.91. The fourth-order valence-corrected chi connectivity index (χ4v) is 1.74. The average Bonchev–Trinajstić information content (AvgIpc) is 2.82. The zero-order valence-electron chi connectivity index (χ0n) is 8.91. The highest BCUT2D eigenvalue weighted by Gasteiger charge is 2.07. The van der Waals surface area contributed by atoms with Crippen LogP contribution in [-0.4, -0.2) is 14.6 Å². The van der Waals surface area contributed by atoms with Gasteiger partial charge in [-0.25, -0.2) is 0 Å². The first-order valence-corrected chi connectivity index (χ1v) is 5.19. The molecule has 0 atom stereocenters. The fourth-order valence-electron chi connectivity index (χ4n) is 1.74. The van der Waals surface area contributed by atoms with E-state index in [4.69, 9.17) is 5.26 Å². The highest BCUT2D eigenvalue weighted by Crippen LogP contribution is 2.17. The van der Waals surface area contributed by atoms with Crippen molar-refractivity contribution in [2.75, 3.05) is 0 Å². The predicted octanol–water partition coefficient (Wildman–Crippen LogP) is 2.27. The lowest BCUT2D eigenvalue weighted by Crippen LogP contribution is -1.89. The summed E-state index contributed by atoms with van der Waals surface area (Å²) in [5.41, 5.74) is 2.28. The van der Waals surface area contributed by atoms with Crippen LogP contribution in [0.3, 0.4) is 0 Å². The molecule has 0 saturated carbocycles. The van der Waals surface area contributed by atoms with Gasteiger partial charge < -0.3 is 0 Å². The SMILES string of the molecule is N#Cc1ccn2c(-c3ccccc3)nnc2c1. The van der Waals surface area contributed by atoms with Crippen LogP contribution in [0.1, 0.15) is 5.56 Å². The van der Waals surface area contributed by atoms with Crippen molar-refractivity contribution in [3.8, 4) is 17.5 Å². The van der Waals surface area contributed by atoms with Gasteiger partial charge in [0.25, 0.3) is 0 Å². The van der Waals surface area contributed by atoms with Gasteiger partial charge in [-0.15, -0.1) is 10.2 Å². The number of benzene rings is 1. The molecule has 3 aromatic rings. The van der Waals surface area contributed by atoms with Crippen molar-refractivity contribution in [2.24, 2.45) is 0 Å². The molecule has 2 aromatic heterocycles. The van der Waals surface area contributed by atoms with E-state index >= 15 is 0 Å². The third-order valence-corrected chi connectivity index (χ3v) is 2.57. The number of hydrogen-bond donors (Lipinski definition) is 0. The van der Waals surface area contributed by atoms with Crippen molar-refractivity contribution in [1.29, 1.82) is 5.26 Å². The highest BCUT2D eigenvalue weighted by molar-refractivity contribution is 5.60. The molecular weight excluding hydrogens is 212 g/mol. The molecule has 4 heteroatoms. The van der Waals surface area contributed by atoms with Crippen molar-refractivity contribution in [2.45, 2.75) is 0 Å². The maximum Gasteiger partial charge on any atom is 0.168 e. The third kappa shape index (κ3) is 1.54. The van der Waals surface area contributed by atoms with E-state index in [1.165, 1.54) is 0 Å². The molecule has 0 amide bonds. The van der Waals surface area contributed by atoms with Crippen LogP contribution in [0.15, 0.2) is 48.7 Å². The summed E-state index contributed by atoms with van der Waals surface area (Å²) >= 11 is 0. The van der Waals surface area contributed by atoms with Crippen LogP contribution < -0.4 is 0 Å². The Morgan fingerprint density at radius 2 is 1.88 bits per heavy atom. The smallest absolute Gasteiger partial charge is 0.168 e. The van der Waals surface area contributed by atoms with Crippen molar-refractivity contribution < 1.29 is 0 Å². The number of nitriles is 1. The van der Waals surface area contributed by atoms with Gasteiger partial charge in [-0.2, -0.15) is 5.26 Å². The molecule has 3 rings (SSSR count). The molecule has 0 saturated heterocycles. The highest BCUT2D eigenvalue weighted by atomic mass is 15.2. The number of hydrogen-bond acceptors (Lipinski definition) is 3. The summed E-state index contributed by atoms with van der Waals surface area (Å²) in [7, 11) is 0. The van der Waals surface area contributed by atoms with Crippen LogP contribution in [0.5, 0.6) is 0 Å². The Hall–Kier alpha value is -2.67. The Kier molecular flexibility index (Phi) is 2.09. The molecule has 0 radical (unpaired) electrons. The Balaban J connectivity index is 2.23. The average molecular weight is 220 g/mol. The van der Waals surface area contributed by atoms with Gasteiger partial charge in [0, 0.05) is 17.8 Å². The molecule has 80 valence electrons. The van der Waals surface area contributed by atoms with Crippen LogP contribution in [0, 0.1) is 11.3 Å². The van der Waals surface area contributed by atoms with Gasteiger partial charge in [-0.1, -0.05) is 30.3 Å². The second-order valence-corrected chi connectivity index (χ2v) is 3.65. The monoisotopic (exact) mass is 220 g/mol. The number of nitrogens with zero attached hydrogens (tertiary/aromatic N) is 4. The first-order chi connectivity index (χ1) is 8.38. The molecule has 0 aliphatic carbocycles. The van der Waals surface area contributed by atoms with E-state index in [1.54, 1.807) is 12.1 Å². The van der Waals surface area contributed by atoms with Crippen molar-refractivity contribution in [3.63, 3.8) is 0 Å². The van der Waals surface area contributed by atoms with E-state index < -0.39 is 0 Å². The second-order valence-electron chi connectivity index (χ2n) is 3.65. The van der Waals surface area contributed by atoms with Crippen molar-refractivity contribution >= 4 is 5.65 Å². The number of pyridine rings is 1. The number of fused-ring (bicyclic) bond motifs is 1. The second kappa shape index (κ2) is 3.72. The topological polar surface area (TPSA) is 54.0 Å². The molecule has 17 heavy (non-hydrogen) atoms. The number of aromatic nitrogens is 3. The molecule has 0 aliphatic heterocycles. The summed E-state index contributed by atoms with van der Waals surface area (Å²) in [5.74, 6) is 0.782. The molecule has 0 aliphatic rings. The Labute approximate surface area is 97.8 Å². The lowest BCUT2D eigenvalue weighted by molar-refractivity contribution is 1.11. The molecule has 2 heterocycles. The summed E-state index contributed by atoms with van der Waals surface area (Å²) in [6.07, 6.45) is 1.82. The lowest BCUT2D eigenvalue weighted by Gasteiger charge is -1.99. The van der Waals surface area contributed by atoms with Gasteiger partial charge in [0.05, 0.1) is 11.6 Å². The van der Waals surface area contributed by atoms with E-state index in [-0.39, 0.29) is 0 Å². The molecule has 1 aromatic carbocycles. The van der Waals surface area contributed by atoms with E-state index in [0.717, 1.165) is 11.4 Å². The minimum Gasteiger partial charge on any atom is -0.282 e. The van der Waals surface area contributed by atoms with Crippen LogP contribution in [0.4, 0.5) is 0 Å². The summed E-state index contributed by atoms with van der Waals surface area (Å²) in [6, 6.07) is 15.4. The Morgan fingerprint density at radius 3 is 2.65 bits per heavy atom. The third-order valence-electron chi connectivity index (χ3n) is 2.57. The first-order valence-electron chi connectivity index (χ1n) is 5.19. The van der Waals surface area contributed by atoms with Crippen LogP contribution in [-0.2, 0) is 0 Å². The first kappa shape index (κ1) is 9.55. The lowest BCUT2D eigenvalue weighted by atomic mass is 10.2. The van der Waals surface area contributed by atoms with E-state index in [2.05, 4.69) is 16.3 Å². The van der Waals surface area contributed by atoms with Gasteiger partial charge >= 0.3 is 0 Å². The van der Waals surface area contributed by atoms with Gasteiger partial charge in [-0.3, -0.25) is 4.40 Å². The fraction of sp³-hybridized carbons (Fsp3) is 0. The normalized spacial score (nSPS) is 10.3. The zero-order chi connectivity index (χ0) is 11.7. The minimum absolute atomic E-state index is 0.588. The Bertz CT molecular complexity index is 707.